The van der Waals surface area contributed by atoms with E-state index in [9.17, 15) is 19.5 Å². The summed E-state index contributed by atoms with van der Waals surface area (Å²) in [5.74, 6) is -0.332. The third kappa shape index (κ3) is 5.38. The fraction of sp³-hybridized carbons (Fsp3) is 0.423. The number of carbonyl (C=O) groups excluding carboxylic acids is 2. The molecule has 0 bridgehead atoms. The number of aliphatic carboxylic acids is 1. The van der Waals surface area contributed by atoms with Crippen molar-refractivity contribution in [1.29, 1.82) is 0 Å². The molecule has 180 valence electrons. The molecular formula is C26H30N2O5S. The van der Waals surface area contributed by atoms with Crippen LogP contribution in [0.1, 0.15) is 43.2 Å². The lowest BCUT2D eigenvalue weighted by atomic mass is 9.98. The predicted octanol–water partition coefficient (Wildman–Crippen LogP) is 4.11. The highest BCUT2D eigenvalue weighted by molar-refractivity contribution is 8.00. The minimum Gasteiger partial charge on any atom is -0.480 e. The molecule has 2 amide bonds. The van der Waals surface area contributed by atoms with E-state index in [1.165, 1.54) is 22.9 Å². The van der Waals surface area contributed by atoms with Crippen molar-refractivity contribution in [2.75, 3.05) is 25.4 Å². The van der Waals surface area contributed by atoms with Gasteiger partial charge in [-0.15, -0.1) is 11.8 Å². The number of benzene rings is 2. The highest BCUT2D eigenvalue weighted by atomic mass is 32.2. The van der Waals surface area contributed by atoms with Crippen molar-refractivity contribution >= 4 is 29.7 Å². The van der Waals surface area contributed by atoms with Crippen LogP contribution in [0.4, 0.5) is 4.79 Å². The summed E-state index contributed by atoms with van der Waals surface area (Å²) in [6, 6.07) is 16.2. The zero-order chi connectivity index (χ0) is 24.1. The summed E-state index contributed by atoms with van der Waals surface area (Å²) >= 11 is 1.37. The Morgan fingerprint density at radius 1 is 1.12 bits per heavy atom. The molecular weight excluding hydrogens is 452 g/mol. The Labute approximate surface area is 203 Å². The standard InChI is InChI=1S/C26H30N2O5S/c1-2-17(11-12-24(29)28-13-14-34-23(15-28)25(30)31)27-26(32)33-16-22-20-9-5-3-7-18(20)19-8-4-6-10-21(19)22/h3-10,17,22-23H,2,11-16H2,1H3,(H,27,32)(H,30,31). The van der Waals surface area contributed by atoms with E-state index < -0.39 is 17.3 Å². The number of hydrogen-bond acceptors (Lipinski definition) is 5. The first-order valence-corrected chi connectivity index (χ1v) is 12.8. The lowest BCUT2D eigenvalue weighted by Crippen LogP contribution is -2.45. The second-order valence-electron chi connectivity index (χ2n) is 8.65. The third-order valence-electron chi connectivity index (χ3n) is 6.56. The molecule has 34 heavy (non-hydrogen) atoms. The zero-order valence-corrected chi connectivity index (χ0v) is 20.1. The van der Waals surface area contributed by atoms with Gasteiger partial charge in [0.05, 0.1) is 0 Å². The van der Waals surface area contributed by atoms with Gasteiger partial charge in [-0.05, 0) is 35.1 Å². The average Bonchev–Trinajstić information content (AvgIpc) is 3.18. The number of carboxylic acids is 1. The van der Waals surface area contributed by atoms with E-state index >= 15 is 0 Å². The number of carboxylic acid groups (broad SMARTS) is 1. The van der Waals surface area contributed by atoms with Crippen LogP contribution in [0.2, 0.25) is 0 Å². The summed E-state index contributed by atoms with van der Waals surface area (Å²) < 4.78 is 5.62. The lowest BCUT2D eigenvalue weighted by molar-refractivity contribution is -0.138. The fourth-order valence-electron chi connectivity index (χ4n) is 4.67. The van der Waals surface area contributed by atoms with Gasteiger partial charge in [0, 0.05) is 37.2 Å². The van der Waals surface area contributed by atoms with Gasteiger partial charge in [-0.3, -0.25) is 9.59 Å². The molecule has 1 heterocycles. The molecule has 2 unspecified atom stereocenters. The summed E-state index contributed by atoms with van der Waals surface area (Å²) in [6.07, 6.45) is 0.937. The second kappa shape index (κ2) is 11.0. The lowest BCUT2D eigenvalue weighted by Gasteiger charge is -2.30. The Bertz CT molecular complexity index is 1010. The van der Waals surface area contributed by atoms with Crippen molar-refractivity contribution in [3.63, 3.8) is 0 Å². The van der Waals surface area contributed by atoms with Gasteiger partial charge < -0.3 is 20.1 Å². The summed E-state index contributed by atoms with van der Waals surface area (Å²) in [7, 11) is 0. The van der Waals surface area contributed by atoms with Crippen molar-refractivity contribution < 1.29 is 24.2 Å². The minimum atomic E-state index is -0.883. The Kier molecular flexibility index (Phi) is 7.77. The largest absolute Gasteiger partial charge is 0.480 e. The van der Waals surface area contributed by atoms with Gasteiger partial charge in [-0.2, -0.15) is 0 Å². The summed E-state index contributed by atoms with van der Waals surface area (Å²) in [5, 5.41) is 11.5. The number of amides is 2. The quantitative estimate of drug-likeness (QED) is 0.588. The average molecular weight is 483 g/mol. The number of nitrogens with one attached hydrogen (secondary N) is 1. The highest BCUT2D eigenvalue weighted by Gasteiger charge is 2.30. The number of thioether (sulfide) groups is 1. The Hall–Kier alpha value is -3.00. The van der Waals surface area contributed by atoms with Crippen molar-refractivity contribution in [2.45, 2.75) is 43.4 Å². The molecule has 0 saturated carbocycles. The maximum Gasteiger partial charge on any atom is 0.407 e. The summed E-state index contributed by atoms with van der Waals surface area (Å²) in [4.78, 5) is 38.0. The molecule has 2 atom stereocenters. The maximum atomic E-state index is 12.6. The Balaban J connectivity index is 1.28. The monoisotopic (exact) mass is 482 g/mol. The number of rotatable bonds is 8. The molecule has 0 spiro atoms. The van der Waals surface area contributed by atoms with Gasteiger partial charge in [0.25, 0.3) is 0 Å². The summed E-state index contributed by atoms with van der Waals surface area (Å²) in [6.45, 7) is 2.99. The number of alkyl carbamates (subject to hydrolysis) is 1. The highest BCUT2D eigenvalue weighted by Crippen LogP contribution is 2.44. The predicted molar refractivity (Wildman–Crippen MR) is 132 cm³/mol. The van der Waals surface area contributed by atoms with Crippen molar-refractivity contribution in [1.82, 2.24) is 10.2 Å². The van der Waals surface area contributed by atoms with Crippen LogP contribution >= 0.6 is 11.8 Å². The maximum absolute atomic E-state index is 12.6. The van der Waals surface area contributed by atoms with E-state index in [1.54, 1.807) is 4.90 Å². The van der Waals surface area contributed by atoms with Gasteiger partial charge in [0.15, 0.2) is 0 Å². The first-order valence-electron chi connectivity index (χ1n) is 11.7. The number of ether oxygens (including phenoxy) is 1. The molecule has 2 aromatic carbocycles. The molecule has 2 N–H and O–H groups in total. The number of nitrogens with zero attached hydrogens (tertiary/aromatic N) is 1. The van der Waals surface area contributed by atoms with Crippen LogP contribution in [0.5, 0.6) is 0 Å². The van der Waals surface area contributed by atoms with E-state index in [1.807, 2.05) is 31.2 Å². The van der Waals surface area contributed by atoms with E-state index in [0.717, 1.165) is 11.1 Å². The molecule has 1 saturated heterocycles. The number of carbonyl (C=O) groups is 3. The number of fused-ring (bicyclic) bond motifs is 3. The van der Waals surface area contributed by atoms with Gasteiger partial charge in [-0.1, -0.05) is 55.5 Å². The Morgan fingerprint density at radius 2 is 1.76 bits per heavy atom. The first kappa shape index (κ1) is 24.1. The molecule has 8 heteroatoms. The minimum absolute atomic E-state index is 0.000966. The van der Waals surface area contributed by atoms with E-state index in [4.69, 9.17) is 4.74 Å². The van der Waals surface area contributed by atoms with Crippen LogP contribution in [0.3, 0.4) is 0 Å². The van der Waals surface area contributed by atoms with Crippen molar-refractivity contribution in [2.24, 2.45) is 0 Å². The molecule has 4 rings (SSSR count). The second-order valence-corrected chi connectivity index (χ2v) is 9.96. The molecule has 0 aromatic heterocycles. The van der Waals surface area contributed by atoms with Crippen molar-refractivity contribution in [3.8, 4) is 11.1 Å². The molecule has 1 aliphatic heterocycles. The van der Waals surface area contributed by atoms with Gasteiger partial charge in [0.2, 0.25) is 5.91 Å². The first-order chi connectivity index (χ1) is 16.5. The molecule has 1 aliphatic carbocycles. The van der Waals surface area contributed by atoms with Crippen molar-refractivity contribution in [3.05, 3.63) is 59.7 Å². The molecule has 1 fully saturated rings. The van der Waals surface area contributed by atoms with Gasteiger partial charge in [0.1, 0.15) is 11.9 Å². The van der Waals surface area contributed by atoms with Gasteiger partial charge in [-0.25, -0.2) is 4.79 Å². The topological polar surface area (TPSA) is 95.9 Å². The van der Waals surface area contributed by atoms with Crippen LogP contribution < -0.4 is 5.32 Å². The number of hydrogen-bond donors (Lipinski definition) is 2. The van der Waals surface area contributed by atoms with Gasteiger partial charge >= 0.3 is 12.1 Å². The summed E-state index contributed by atoms with van der Waals surface area (Å²) in [5.41, 5.74) is 4.68. The Morgan fingerprint density at radius 3 is 2.38 bits per heavy atom. The van der Waals surface area contributed by atoms with Crippen LogP contribution in [-0.2, 0) is 14.3 Å². The smallest absolute Gasteiger partial charge is 0.407 e. The molecule has 2 aliphatic rings. The van der Waals surface area contributed by atoms with E-state index in [-0.39, 0.29) is 37.4 Å². The van der Waals surface area contributed by atoms with E-state index in [2.05, 4.69) is 29.6 Å². The fourth-order valence-corrected chi connectivity index (χ4v) is 5.70. The SMILES string of the molecule is CCC(CCC(=O)N1CCSC(C(=O)O)C1)NC(=O)OCC1c2ccccc2-c2ccccc21. The normalized spacial score (nSPS) is 18.0. The van der Waals surface area contributed by atoms with Crippen LogP contribution in [0.15, 0.2) is 48.5 Å². The third-order valence-corrected chi connectivity index (χ3v) is 7.73. The van der Waals surface area contributed by atoms with Crippen LogP contribution in [-0.4, -0.2) is 64.7 Å². The molecule has 0 radical (unpaired) electrons. The molecule has 2 aromatic rings. The zero-order valence-electron chi connectivity index (χ0n) is 19.2. The van der Waals surface area contributed by atoms with E-state index in [0.29, 0.717) is 25.1 Å². The van der Waals surface area contributed by atoms with Crippen LogP contribution in [0, 0.1) is 0 Å². The molecule has 7 nitrogen and oxygen atoms in total. The van der Waals surface area contributed by atoms with Crippen LogP contribution in [0.25, 0.3) is 11.1 Å².